The molecule has 0 radical (unpaired) electrons. The van der Waals surface area contributed by atoms with Crippen molar-refractivity contribution in [2.75, 3.05) is 18.1 Å². The SMILES string of the molecule is CCCCCCCCCCCCCCCCCOC(=O)CCC(=O)N(CC)c1ccccc1. The number of anilines is 1. The van der Waals surface area contributed by atoms with Crippen LogP contribution in [0.4, 0.5) is 5.69 Å². The molecule has 0 saturated heterocycles. The molecule has 0 aliphatic heterocycles. The molecule has 0 bridgehead atoms. The number of carbonyl (C=O) groups is 2. The van der Waals surface area contributed by atoms with Gasteiger partial charge in [-0.1, -0.05) is 115 Å². The first kappa shape index (κ1) is 29.2. The van der Waals surface area contributed by atoms with Gasteiger partial charge in [-0.15, -0.1) is 0 Å². The Hall–Kier alpha value is -1.84. The average molecular weight is 460 g/mol. The Kier molecular flexibility index (Phi) is 18.4. The maximum absolute atomic E-state index is 12.4. The van der Waals surface area contributed by atoms with E-state index in [1.807, 2.05) is 37.3 Å². The second kappa shape index (κ2) is 20.7. The van der Waals surface area contributed by atoms with Crippen LogP contribution >= 0.6 is 0 Å². The van der Waals surface area contributed by atoms with Gasteiger partial charge in [-0.25, -0.2) is 0 Å². The van der Waals surface area contributed by atoms with E-state index in [-0.39, 0.29) is 24.7 Å². The van der Waals surface area contributed by atoms with E-state index in [0.29, 0.717) is 13.2 Å². The summed E-state index contributed by atoms with van der Waals surface area (Å²) in [6, 6.07) is 9.58. The normalized spacial score (nSPS) is 10.8. The van der Waals surface area contributed by atoms with Gasteiger partial charge in [0, 0.05) is 18.7 Å². The molecule has 1 amide bonds. The molecule has 0 aliphatic carbocycles. The Morgan fingerprint density at radius 2 is 1.15 bits per heavy atom. The summed E-state index contributed by atoms with van der Waals surface area (Å²) < 4.78 is 5.32. The fraction of sp³-hybridized carbons (Fsp3) is 0.724. The first-order valence-electron chi connectivity index (χ1n) is 13.7. The number of hydrogen-bond acceptors (Lipinski definition) is 3. The number of carbonyl (C=O) groups excluding carboxylic acids is 2. The van der Waals surface area contributed by atoms with Gasteiger partial charge in [0.1, 0.15) is 0 Å². The van der Waals surface area contributed by atoms with Crippen LogP contribution < -0.4 is 4.90 Å². The van der Waals surface area contributed by atoms with Gasteiger partial charge < -0.3 is 9.64 Å². The van der Waals surface area contributed by atoms with Gasteiger partial charge in [0.15, 0.2) is 0 Å². The lowest BCUT2D eigenvalue weighted by atomic mass is 10.0. The summed E-state index contributed by atoms with van der Waals surface area (Å²) in [5.41, 5.74) is 0.871. The fourth-order valence-corrected chi connectivity index (χ4v) is 4.19. The number of amides is 1. The molecule has 1 aromatic carbocycles. The van der Waals surface area contributed by atoms with Gasteiger partial charge in [-0.05, 0) is 25.5 Å². The van der Waals surface area contributed by atoms with Crippen molar-refractivity contribution in [2.45, 2.75) is 123 Å². The van der Waals surface area contributed by atoms with E-state index in [9.17, 15) is 9.59 Å². The van der Waals surface area contributed by atoms with E-state index in [4.69, 9.17) is 4.74 Å². The number of ether oxygens (including phenoxy) is 1. The number of para-hydroxylation sites is 1. The standard InChI is InChI=1S/C29H49NO3/c1-3-5-6-7-8-9-10-11-12-13-14-15-16-17-21-26-33-29(32)25-24-28(31)30(4-2)27-22-19-18-20-23-27/h18-20,22-23H,3-17,21,24-26H2,1-2H3. The molecule has 0 fully saturated rings. The molecule has 0 aromatic heterocycles. The molecule has 188 valence electrons. The van der Waals surface area contributed by atoms with Crippen molar-refractivity contribution in [3.8, 4) is 0 Å². The Morgan fingerprint density at radius 3 is 1.64 bits per heavy atom. The van der Waals surface area contributed by atoms with Gasteiger partial charge in [0.25, 0.3) is 0 Å². The van der Waals surface area contributed by atoms with E-state index in [1.165, 1.54) is 83.5 Å². The van der Waals surface area contributed by atoms with Gasteiger partial charge in [0.05, 0.1) is 13.0 Å². The van der Waals surface area contributed by atoms with Gasteiger partial charge >= 0.3 is 5.97 Å². The monoisotopic (exact) mass is 459 g/mol. The lowest BCUT2D eigenvalue weighted by molar-refractivity contribution is -0.144. The Balaban J connectivity index is 1.90. The first-order valence-corrected chi connectivity index (χ1v) is 13.7. The predicted molar refractivity (Wildman–Crippen MR) is 140 cm³/mol. The van der Waals surface area contributed by atoms with Crippen LogP contribution in [0.25, 0.3) is 0 Å². The quantitative estimate of drug-likeness (QED) is 0.137. The van der Waals surface area contributed by atoms with Gasteiger partial charge in [-0.3, -0.25) is 9.59 Å². The third kappa shape index (κ3) is 15.6. The summed E-state index contributed by atoms with van der Waals surface area (Å²) in [7, 11) is 0. The van der Waals surface area contributed by atoms with E-state index in [2.05, 4.69) is 6.92 Å². The fourth-order valence-electron chi connectivity index (χ4n) is 4.19. The smallest absolute Gasteiger partial charge is 0.306 e. The van der Waals surface area contributed by atoms with Crippen molar-refractivity contribution in [3.05, 3.63) is 30.3 Å². The Morgan fingerprint density at radius 1 is 0.667 bits per heavy atom. The van der Waals surface area contributed by atoms with E-state index in [0.717, 1.165) is 18.5 Å². The number of benzene rings is 1. The molecule has 4 nitrogen and oxygen atoms in total. The zero-order valence-corrected chi connectivity index (χ0v) is 21.5. The van der Waals surface area contributed by atoms with Crippen LogP contribution in [0.2, 0.25) is 0 Å². The van der Waals surface area contributed by atoms with Crippen molar-refractivity contribution in [2.24, 2.45) is 0 Å². The molecular formula is C29H49NO3. The highest BCUT2D eigenvalue weighted by atomic mass is 16.5. The summed E-state index contributed by atoms with van der Waals surface area (Å²) in [4.78, 5) is 26.1. The minimum atomic E-state index is -0.266. The molecule has 0 N–H and O–H groups in total. The van der Waals surface area contributed by atoms with E-state index in [1.54, 1.807) is 4.90 Å². The lowest BCUT2D eigenvalue weighted by Crippen LogP contribution is -2.30. The van der Waals surface area contributed by atoms with Crippen LogP contribution in [0.1, 0.15) is 123 Å². The highest BCUT2D eigenvalue weighted by molar-refractivity contribution is 5.94. The summed E-state index contributed by atoms with van der Waals surface area (Å²) in [5.74, 6) is -0.301. The van der Waals surface area contributed by atoms with E-state index < -0.39 is 0 Å². The number of esters is 1. The maximum atomic E-state index is 12.4. The Bertz CT molecular complexity index is 602. The van der Waals surface area contributed by atoms with Crippen LogP contribution in [0.3, 0.4) is 0 Å². The largest absolute Gasteiger partial charge is 0.466 e. The molecule has 0 unspecified atom stereocenters. The Labute approximate surface area is 203 Å². The summed E-state index contributed by atoms with van der Waals surface area (Å²) in [5, 5.41) is 0. The van der Waals surface area contributed by atoms with Crippen LogP contribution in [0.15, 0.2) is 30.3 Å². The van der Waals surface area contributed by atoms with Crippen LogP contribution in [0.5, 0.6) is 0 Å². The number of unbranched alkanes of at least 4 members (excludes halogenated alkanes) is 14. The van der Waals surface area contributed by atoms with Gasteiger partial charge in [-0.2, -0.15) is 0 Å². The third-order valence-corrected chi connectivity index (χ3v) is 6.24. The van der Waals surface area contributed by atoms with Crippen molar-refractivity contribution in [1.82, 2.24) is 0 Å². The summed E-state index contributed by atoms with van der Waals surface area (Å²) in [6.07, 6.45) is 20.2. The molecule has 0 heterocycles. The number of nitrogens with zero attached hydrogens (tertiary/aromatic N) is 1. The molecule has 4 heteroatoms. The minimum absolute atomic E-state index is 0.0346. The topological polar surface area (TPSA) is 46.6 Å². The molecule has 0 atom stereocenters. The molecule has 0 aliphatic rings. The summed E-state index contributed by atoms with van der Waals surface area (Å²) >= 11 is 0. The van der Waals surface area contributed by atoms with Crippen molar-refractivity contribution >= 4 is 17.6 Å². The minimum Gasteiger partial charge on any atom is -0.466 e. The molecule has 1 rings (SSSR count). The molecular weight excluding hydrogens is 410 g/mol. The molecule has 1 aromatic rings. The second-order valence-electron chi connectivity index (χ2n) is 9.14. The van der Waals surface area contributed by atoms with Crippen LogP contribution in [-0.2, 0) is 14.3 Å². The van der Waals surface area contributed by atoms with Gasteiger partial charge in [0.2, 0.25) is 5.91 Å². The zero-order chi connectivity index (χ0) is 24.0. The van der Waals surface area contributed by atoms with Crippen molar-refractivity contribution in [3.63, 3.8) is 0 Å². The highest BCUT2D eigenvalue weighted by Gasteiger charge is 2.15. The van der Waals surface area contributed by atoms with Crippen molar-refractivity contribution in [1.29, 1.82) is 0 Å². The molecule has 33 heavy (non-hydrogen) atoms. The van der Waals surface area contributed by atoms with Crippen LogP contribution in [-0.4, -0.2) is 25.0 Å². The molecule has 0 spiro atoms. The van der Waals surface area contributed by atoms with E-state index >= 15 is 0 Å². The maximum Gasteiger partial charge on any atom is 0.306 e. The highest BCUT2D eigenvalue weighted by Crippen LogP contribution is 2.15. The van der Waals surface area contributed by atoms with Crippen molar-refractivity contribution < 1.29 is 14.3 Å². The average Bonchev–Trinajstić information content (AvgIpc) is 2.83. The lowest BCUT2D eigenvalue weighted by Gasteiger charge is -2.20. The number of rotatable bonds is 21. The third-order valence-electron chi connectivity index (χ3n) is 6.24. The summed E-state index contributed by atoms with van der Waals surface area (Å²) in [6.45, 7) is 5.28. The molecule has 0 saturated carbocycles. The number of hydrogen-bond donors (Lipinski definition) is 0. The first-order chi connectivity index (χ1) is 16.2. The second-order valence-corrected chi connectivity index (χ2v) is 9.14. The predicted octanol–water partition coefficient (Wildman–Crippen LogP) is 8.23. The van der Waals surface area contributed by atoms with Crippen LogP contribution in [0, 0.1) is 0 Å². The zero-order valence-electron chi connectivity index (χ0n) is 21.5.